The molecule has 2 atom stereocenters. The molecule has 9 aromatic rings. The fourth-order valence-electron chi connectivity index (χ4n) is 8.88. The van der Waals surface area contributed by atoms with Gasteiger partial charge in [0.25, 0.3) is 0 Å². The number of hydrogen-bond acceptors (Lipinski definition) is 11. The zero-order valence-corrected chi connectivity index (χ0v) is 32.6. The third-order valence-electron chi connectivity index (χ3n) is 12.0. The molecule has 8 N–H and O–H groups in total. The van der Waals surface area contributed by atoms with Gasteiger partial charge in [0.2, 0.25) is 11.5 Å². The van der Waals surface area contributed by atoms with Crippen LogP contribution in [-0.4, -0.2) is 47.4 Å². The summed E-state index contributed by atoms with van der Waals surface area (Å²) in [4.78, 5) is 10.4. The molecule has 0 saturated heterocycles. The number of benzene rings is 8. The van der Waals surface area contributed by atoms with E-state index in [4.69, 9.17) is 14.4 Å². The van der Waals surface area contributed by atoms with Crippen LogP contribution in [0.15, 0.2) is 148 Å². The maximum atomic E-state index is 11.7. The third kappa shape index (κ3) is 5.66. The Kier molecular flexibility index (Phi) is 8.16. The number of nitrogens with zero attached hydrogens (tertiary/aromatic N) is 2. The fraction of sp³-hybridized carbons (Fsp3) is 0.0588. The maximum Gasteiger partial charge on any atom is 0.205 e. The summed E-state index contributed by atoms with van der Waals surface area (Å²) in [6.45, 7) is 0. The first-order chi connectivity index (χ1) is 30.1. The lowest BCUT2D eigenvalue weighted by molar-refractivity contribution is 0.347. The number of aromatic hydroxyl groups is 7. The van der Waals surface area contributed by atoms with E-state index in [0.29, 0.717) is 33.8 Å². The van der Waals surface area contributed by atoms with Crippen molar-refractivity contribution in [3.63, 3.8) is 0 Å². The molecule has 2 heterocycles. The van der Waals surface area contributed by atoms with Gasteiger partial charge >= 0.3 is 0 Å². The summed E-state index contributed by atoms with van der Waals surface area (Å²) >= 11 is 0. The van der Waals surface area contributed by atoms with Gasteiger partial charge in [0.15, 0.2) is 28.8 Å². The Morgan fingerprint density at radius 1 is 0.548 bits per heavy atom. The average Bonchev–Trinajstić information content (AvgIpc) is 3.69. The average molecular weight is 818 g/mol. The largest absolute Gasteiger partial charge is 0.506 e. The van der Waals surface area contributed by atoms with Crippen molar-refractivity contribution in [1.29, 1.82) is 0 Å². The van der Waals surface area contributed by atoms with Crippen LogP contribution in [-0.2, 0) is 6.42 Å². The SMILES string of the molecule is Oc1c(O)c(O)c2c(O)c(-c3cc(C4=NC(c5ccc6ccccc6c5)NC(c5ccc6c(c5)C=CC(c5ccccc5)C6)=N4)c4c(c3)oc3ccccc34)c(O)c(O)c2c1O. The summed E-state index contributed by atoms with van der Waals surface area (Å²) in [6.07, 6.45) is 4.61. The van der Waals surface area contributed by atoms with Gasteiger partial charge < -0.3 is 45.5 Å². The van der Waals surface area contributed by atoms with E-state index in [-0.39, 0.29) is 17.0 Å². The summed E-state index contributed by atoms with van der Waals surface area (Å²) < 4.78 is 6.38. The van der Waals surface area contributed by atoms with Gasteiger partial charge in [0.1, 0.15) is 28.9 Å². The highest BCUT2D eigenvalue weighted by Crippen LogP contribution is 2.59. The van der Waals surface area contributed by atoms with Crippen LogP contribution in [0.25, 0.3) is 60.7 Å². The lowest BCUT2D eigenvalue weighted by atomic mass is 9.84. The van der Waals surface area contributed by atoms with Gasteiger partial charge in [-0.1, -0.05) is 109 Å². The number of phenols is 7. The second-order valence-electron chi connectivity index (χ2n) is 15.6. The third-order valence-corrected chi connectivity index (χ3v) is 12.0. The van der Waals surface area contributed by atoms with Crippen molar-refractivity contribution in [3.05, 3.63) is 167 Å². The Balaban J connectivity index is 1.13. The highest BCUT2D eigenvalue weighted by Gasteiger charge is 2.31. The predicted octanol–water partition coefficient (Wildman–Crippen LogP) is 10.3. The molecule has 1 aliphatic heterocycles. The van der Waals surface area contributed by atoms with Gasteiger partial charge in [-0.3, -0.25) is 0 Å². The molecular formula is C51H35N3O8. The monoisotopic (exact) mass is 817 g/mol. The molecule has 11 nitrogen and oxygen atoms in total. The normalized spacial score (nSPS) is 16.1. The van der Waals surface area contributed by atoms with Crippen LogP contribution in [0.2, 0.25) is 0 Å². The topological polar surface area (TPSA) is 191 Å². The smallest absolute Gasteiger partial charge is 0.205 e. The number of allylic oxidation sites excluding steroid dienone is 1. The number of para-hydroxylation sites is 1. The van der Waals surface area contributed by atoms with Crippen LogP contribution in [0.1, 0.15) is 45.5 Å². The molecule has 0 fully saturated rings. The van der Waals surface area contributed by atoms with E-state index in [0.717, 1.165) is 39.3 Å². The van der Waals surface area contributed by atoms with Crippen molar-refractivity contribution in [1.82, 2.24) is 5.32 Å². The second-order valence-corrected chi connectivity index (χ2v) is 15.6. The van der Waals surface area contributed by atoms with Crippen molar-refractivity contribution in [2.45, 2.75) is 18.5 Å². The molecule has 0 radical (unpaired) electrons. The first kappa shape index (κ1) is 36.6. The van der Waals surface area contributed by atoms with Gasteiger partial charge in [-0.05, 0) is 75.3 Å². The first-order valence-corrected chi connectivity index (χ1v) is 19.9. The van der Waals surface area contributed by atoms with Crippen molar-refractivity contribution >= 4 is 61.2 Å². The number of fused-ring (bicyclic) bond motifs is 6. The van der Waals surface area contributed by atoms with Crippen LogP contribution < -0.4 is 5.32 Å². The lowest BCUT2D eigenvalue weighted by Gasteiger charge is -2.25. The minimum absolute atomic E-state index is 0.109. The zero-order valence-electron chi connectivity index (χ0n) is 32.6. The van der Waals surface area contributed by atoms with Gasteiger partial charge in [0, 0.05) is 27.8 Å². The molecule has 11 rings (SSSR count). The molecule has 2 aliphatic rings. The predicted molar refractivity (Wildman–Crippen MR) is 240 cm³/mol. The van der Waals surface area contributed by atoms with Crippen LogP contribution in [0.4, 0.5) is 0 Å². The van der Waals surface area contributed by atoms with Crippen molar-refractivity contribution in [2.24, 2.45) is 9.98 Å². The van der Waals surface area contributed by atoms with E-state index in [1.165, 1.54) is 11.1 Å². The van der Waals surface area contributed by atoms with Crippen molar-refractivity contribution < 1.29 is 40.2 Å². The Labute approximate surface area is 352 Å². The quantitative estimate of drug-likeness (QED) is 0.0617. The molecular weight excluding hydrogens is 783 g/mol. The summed E-state index contributed by atoms with van der Waals surface area (Å²) in [6, 6.07) is 41.6. The van der Waals surface area contributed by atoms with Crippen LogP contribution in [0.5, 0.6) is 40.2 Å². The van der Waals surface area contributed by atoms with Gasteiger partial charge in [-0.15, -0.1) is 0 Å². The minimum atomic E-state index is -1.15. The Morgan fingerprint density at radius 2 is 1.26 bits per heavy atom. The highest BCUT2D eigenvalue weighted by molar-refractivity contribution is 6.23. The fourth-order valence-corrected chi connectivity index (χ4v) is 8.88. The van der Waals surface area contributed by atoms with E-state index in [2.05, 4.69) is 66.0 Å². The number of furan rings is 1. The summed E-state index contributed by atoms with van der Waals surface area (Å²) in [5.41, 5.74) is 6.30. The number of aliphatic imine (C=N–C) groups is 2. The van der Waals surface area contributed by atoms with Crippen LogP contribution in [0, 0.1) is 0 Å². The van der Waals surface area contributed by atoms with Gasteiger partial charge in [-0.2, -0.15) is 0 Å². The second kappa shape index (κ2) is 13.8. The zero-order chi connectivity index (χ0) is 42.4. The molecule has 62 heavy (non-hydrogen) atoms. The molecule has 1 aromatic heterocycles. The standard InChI is InChI=1S/C51H35N3O8/c55-42-38(43(56)44(57)41-40(42)45(58)47(60)48(61)46(41)59)33-23-35(39-34-12-6-7-13-36(34)62-37(39)24-33)51-53-49(31-18-14-26-10-4-5-11-27(26)21-31)52-50(54-51)32-19-17-29-20-28(15-16-30(29)22-32)25-8-2-1-3-9-25/h1-19,21-24,28,49,55-61H,20H2,(H,52,53,54). The summed E-state index contributed by atoms with van der Waals surface area (Å²) in [7, 11) is 0. The lowest BCUT2D eigenvalue weighted by Crippen LogP contribution is -2.33. The van der Waals surface area contributed by atoms with E-state index < -0.39 is 57.2 Å². The first-order valence-electron chi connectivity index (χ1n) is 19.9. The van der Waals surface area contributed by atoms with Crippen LogP contribution >= 0.6 is 0 Å². The van der Waals surface area contributed by atoms with E-state index >= 15 is 0 Å². The number of hydrogen-bond donors (Lipinski definition) is 8. The number of nitrogens with one attached hydrogen (secondary N) is 1. The molecule has 0 amide bonds. The van der Waals surface area contributed by atoms with E-state index in [9.17, 15) is 35.7 Å². The molecule has 302 valence electrons. The number of amidine groups is 2. The molecule has 1 aliphatic carbocycles. The van der Waals surface area contributed by atoms with Crippen molar-refractivity contribution in [2.75, 3.05) is 0 Å². The molecule has 11 heteroatoms. The van der Waals surface area contributed by atoms with Gasteiger partial charge in [0.05, 0.1) is 16.3 Å². The Morgan fingerprint density at radius 3 is 2.06 bits per heavy atom. The molecule has 2 unspecified atom stereocenters. The number of rotatable bonds is 5. The Hall–Kier alpha value is -8.44. The summed E-state index contributed by atoms with van der Waals surface area (Å²) in [5, 5.41) is 82.5. The molecule has 0 saturated carbocycles. The Bertz CT molecular complexity index is 3460. The molecule has 0 bridgehead atoms. The highest BCUT2D eigenvalue weighted by atomic mass is 16.3. The van der Waals surface area contributed by atoms with Gasteiger partial charge in [-0.25, -0.2) is 9.98 Å². The number of phenolic OH excluding ortho intramolecular Hbond substituents is 7. The van der Waals surface area contributed by atoms with E-state index in [1.807, 2.05) is 66.7 Å². The van der Waals surface area contributed by atoms with E-state index in [1.54, 1.807) is 12.1 Å². The maximum absolute atomic E-state index is 11.7. The van der Waals surface area contributed by atoms with Crippen molar-refractivity contribution in [3.8, 4) is 51.4 Å². The molecule has 0 spiro atoms. The van der Waals surface area contributed by atoms with Crippen LogP contribution in [0.3, 0.4) is 0 Å². The summed E-state index contributed by atoms with van der Waals surface area (Å²) in [5.74, 6) is -5.91. The minimum Gasteiger partial charge on any atom is -0.506 e. The molecule has 8 aromatic carbocycles.